The molecule has 0 amide bonds. The standard InChI is InChI=1S/C64H50N2.C58H45NS/c1-3-12-44(13-4-1)46-26-30-52(31-27-46)65(54-34-35-62-59(41-54)57-17-8-10-21-61(57)66(62)51-14-5-2-6-15-51)53-32-28-47(29-33-53)45-22-24-48(25-23-45)55-18-11-19-58-56-16-7-9-20-60(56)64(63(55)58)49-37-42-36-43(39-49)40-50(64)38-42;1-2-10-39(11-3-1)41-24-28-46(29-25-41)59(53-17-9-19-55-56(53)51-13-5-7-18-54(51)60-55)47-30-26-42(27-31-47)40-20-22-43(23-21-40)48-14-8-15-50-49-12-4-6-16-52(49)58(57(48)50)44-33-37-32-38(35-44)36-45(58)34-37/h1-35,41-43,49-50H,36-40H2;1-31,37-38,44-45H,32-36H2. The van der Waals surface area contributed by atoms with Crippen molar-refractivity contribution in [3.63, 3.8) is 0 Å². The molecule has 2 aromatic heterocycles. The van der Waals surface area contributed by atoms with E-state index < -0.39 is 0 Å². The van der Waals surface area contributed by atoms with E-state index in [1.807, 2.05) is 11.3 Å². The summed E-state index contributed by atoms with van der Waals surface area (Å²) in [6.45, 7) is 0. The third-order valence-electron chi connectivity index (χ3n) is 31.5. The Morgan fingerprint density at radius 1 is 0.230 bits per heavy atom. The largest absolute Gasteiger partial charge is 0.310 e. The first-order valence-corrected chi connectivity index (χ1v) is 47.0. The molecule has 0 N–H and O–H groups in total. The molecule has 0 aliphatic heterocycles. The second-order valence-electron chi connectivity index (χ2n) is 37.8. The van der Waals surface area contributed by atoms with Crippen molar-refractivity contribution in [2.45, 2.75) is 75.0 Å². The van der Waals surface area contributed by atoms with Gasteiger partial charge in [0.2, 0.25) is 0 Å². The van der Waals surface area contributed by atoms with Crippen LogP contribution < -0.4 is 9.80 Å². The van der Waals surface area contributed by atoms with Crippen LogP contribution in [0.5, 0.6) is 0 Å². The normalized spacial score (nSPS) is 21.6. The van der Waals surface area contributed by atoms with E-state index in [4.69, 9.17) is 0 Å². The summed E-state index contributed by atoms with van der Waals surface area (Å²) in [7, 11) is 0. The Labute approximate surface area is 742 Å². The maximum absolute atomic E-state index is 2.50. The lowest BCUT2D eigenvalue weighted by molar-refractivity contribution is -0.0397. The third kappa shape index (κ3) is 11.6. The minimum Gasteiger partial charge on any atom is -0.310 e. The topological polar surface area (TPSA) is 11.4 Å². The molecule has 0 radical (unpaired) electrons. The number of aromatic nitrogens is 1. The van der Waals surface area contributed by atoms with Gasteiger partial charge in [0, 0.05) is 75.9 Å². The SMILES string of the molecule is c1ccc(-c2ccc(N(c3ccc(-c4ccc(-c5cccc6c5C5(c7ccccc7-6)C6CC7CC(C6)CC5C7)cc4)cc3)c3ccc4c(c3)c3ccccc3n4-c3ccccc3)cc2)cc1.c1ccc(-c2ccc(N(c3ccc(-c4ccc(-c5cccc6c5C5(c7ccccc7-6)C6CC7CC(C6)CC5C7)cc4)cc3)c3cccc4sc5ccccc5c34)cc2)cc1. The van der Waals surface area contributed by atoms with Crippen molar-refractivity contribution in [3.8, 4) is 94.7 Å². The van der Waals surface area contributed by atoms with Gasteiger partial charge < -0.3 is 14.4 Å². The number of nitrogens with zero attached hydrogens (tertiary/aromatic N) is 3. The molecule has 10 aliphatic carbocycles. The lowest BCUT2D eigenvalue weighted by Gasteiger charge is -2.61. The van der Waals surface area contributed by atoms with Crippen molar-refractivity contribution < 1.29 is 0 Å². The van der Waals surface area contributed by atoms with Gasteiger partial charge in [-0.05, 0) is 326 Å². The Bertz CT molecular complexity index is 7370. The van der Waals surface area contributed by atoms with Gasteiger partial charge in [0.25, 0.3) is 0 Å². The maximum atomic E-state index is 2.50. The van der Waals surface area contributed by atoms with Crippen molar-refractivity contribution in [1.82, 2.24) is 4.57 Å². The molecule has 17 aromatic carbocycles. The number of thiophene rings is 1. The second-order valence-corrected chi connectivity index (χ2v) is 38.9. The molecule has 10 aliphatic rings. The Hall–Kier alpha value is -13.6. The zero-order valence-electron chi connectivity index (χ0n) is 70.6. The van der Waals surface area contributed by atoms with Crippen LogP contribution in [0.25, 0.3) is 137 Å². The number of hydrogen-bond acceptors (Lipinski definition) is 3. The van der Waals surface area contributed by atoms with Crippen LogP contribution in [0, 0.1) is 47.3 Å². The van der Waals surface area contributed by atoms with Gasteiger partial charge in [-0.25, -0.2) is 0 Å². The highest BCUT2D eigenvalue weighted by molar-refractivity contribution is 7.26. The highest BCUT2D eigenvalue weighted by Gasteiger charge is 2.64. The molecule has 29 rings (SSSR count). The van der Waals surface area contributed by atoms with Gasteiger partial charge in [0.15, 0.2) is 0 Å². The highest BCUT2D eigenvalue weighted by Crippen LogP contribution is 2.73. The molecular weight excluding hydrogens is 1540 g/mol. The second kappa shape index (κ2) is 29.5. The summed E-state index contributed by atoms with van der Waals surface area (Å²) in [4.78, 5) is 4.85. The van der Waals surface area contributed by atoms with Gasteiger partial charge in [-0.2, -0.15) is 0 Å². The molecule has 8 saturated carbocycles. The van der Waals surface area contributed by atoms with Gasteiger partial charge in [0.1, 0.15) is 0 Å². The molecule has 19 aromatic rings. The Kier molecular flexibility index (Phi) is 17.3. The average molecular weight is 1640 g/mol. The zero-order chi connectivity index (χ0) is 82.7. The maximum Gasteiger partial charge on any atom is 0.0554 e. The first kappa shape index (κ1) is 73.8. The van der Waals surface area contributed by atoms with Crippen LogP contribution in [0.1, 0.15) is 86.5 Å². The van der Waals surface area contributed by atoms with E-state index in [2.05, 4.69) is 421 Å². The van der Waals surface area contributed by atoms with Gasteiger partial charge in [-0.3, -0.25) is 0 Å². The molecule has 0 saturated heterocycles. The molecule has 2 spiro atoms. The molecule has 126 heavy (non-hydrogen) atoms. The van der Waals surface area contributed by atoms with Crippen LogP contribution in [0.2, 0.25) is 0 Å². The number of fused-ring (bicyclic) bond motifs is 12. The lowest BCUT2D eigenvalue weighted by atomic mass is 9.42. The smallest absolute Gasteiger partial charge is 0.0554 e. The fourth-order valence-electron chi connectivity index (χ4n) is 26.8. The van der Waals surface area contributed by atoms with Crippen molar-refractivity contribution >= 4 is 87.4 Å². The van der Waals surface area contributed by atoms with Crippen LogP contribution in [0.4, 0.5) is 34.1 Å². The van der Waals surface area contributed by atoms with Gasteiger partial charge in [0.05, 0.1) is 16.7 Å². The fourth-order valence-corrected chi connectivity index (χ4v) is 28.0. The summed E-state index contributed by atoms with van der Waals surface area (Å²) in [6, 6.07) is 152. The Balaban J connectivity index is 0.000000135. The van der Waals surface area contributed by atoms with Crippen molar-refractivity contribution in [2.24, 2.45) is 47.3 Å². The summed E-state index contributed by atoms with van der Waals surface area (Å²) in [5.41, 5.74) is 38.5. The van der Waals surface area contributed by atoms with Gasteiger partial charge in [-0.1, -0.05) is 303 Å². The van der Waals surface area contributed by atoms with Gasteiger partial charge >= 0.3 is 0 Å². The summed E-state index contributed by atoms with van der Waals surface area (Å²) in [5, 5.41) is 5.08. The van der Waals surface area contributed by atoms with Crippen molar-refractivity contribution in [2.75, 3.05) is 9.80 Å². The number of benzene rings is 17. The molecule has 8 bridgehead atoms. The van der Waals surface area contributed by atoms with Gasteiger partial charge in [-0.15, -0.1) is 11.3 Å². The van der Waals surface area contributed by atoms with Crippen LogP contribution >= 0.6 is 11.3 Å². The quantitative estimate of drug-likeness (QED) is 0.114. The molecular formula is C122H95N3S. The van der Waals surface area contributed by atoms with E-state index in [1.165, 1.54) is 207 Å². The lowest BCUT2D eigenvalue weighted by Crippen LogP contribution is -2.55. The molecule has 0 atom stereocenters. The Morgan fingerprint density at radius 3 is 1.03 bits per heavy atom. The number of rotatable bonds is 13. The first-order valence-electron chi connectivity index (χ1n) is 46.2. The molecule has 3 nitrogen and oxygen atoms in total. The van der Waals surface area contributed by atoms with Crippen LogP contribution in [-0.2, 0) is 10.8 Å². The van der Waals surface area contributed by atoms with Crippen LogP contribution in [0.3, 0.4) is 0 Å². The Morgan fingerprint density at radius 2 is 0.563 bits per heavy atom. The monoisotopic (exact) mass is 1630 g/mol. The molecule has 604 valence electrons. The summed E-state index contributed by atoms with van der Waals surface area (Å²) >= 11 is 1.87. The molecule has 2 heterocycles. The fraction of sp³-hybridized carbons (Fsp3) is 0.164. The number of anilines is 6. The van der Waals surface area contributed by atoms with E-state index in [9.17, 15) is 0 Å². The first-order chi connectivity index (χ1) is 62.4. The van der Waals surface area contributed by atoms with Crippen molar-refractivity contribution in [1.29, 1.82) is 0 Å². The predicted molar refractivity (Wildman–Crippen MR) is 529 cm³/mol. The van der Waals surface area contributed by atoms with E-state index in [1.54, 1.807) is 22.3 Å². The number of para-hydroxylation sites is 2. The summed E-state index contributed by atoms with van der Waals surface area (Å²) in [5.74, 6) is 6.71. The number of hydrogen-bond donors (Lipinski definition) is 0. The van der Waals surface area contributed by atoms with Crippen molar-refractivity contribution in [3.05, 3.63) is 429 Å². The minimum atomic E-state index is 0.141. The third-order valence-corrected chi connectivity index (χ3v) is 32.6. The zero-order valence-corrected chi connectivity index (χ0v) is 71.4. The highest BCUT2D eigenvalue weighted by atomic mass is 32.1. The molecule has 0 unspecified atom stereocenters. The average Bonchev–Trinajstić information content (AvgIpc) is 1.50. The predicted octanol–water partition coefficient (Wildman–Crippen LogP) is 33.2. The van der Waals surface area contributed by atoms with E-state index >= 15 is 0 Å². The summed E-state index contributed by atoms with van der Waals surface area (Å²) in [6.07, 6.45) is 14.1. The molecule has 8 fully saturated rings. The minimum absolute atomic E-state index is 0.141. The van der Waals surface area contributed by atoms with Crippen LogP contribution in [0.15, 0.2) is 406 Å². The van der Waals surface area contributed by atoms with E-state index in [-0.39, 0.29) is 10.8 Å². The summed E-state index contributed by atoms with van der Waals surface area (Å²) < 4.78 is 5.01. The molecule has 4 heteroatoms. The van der Waals surface area contributed by atoms with Crippen LogP contribution in [-0.4, -0.2) is 4.57 Å². The van der Waals surface area contributed by atoms with E-state index in [0.717, 1.165) is 75.8 Å². The van der Waals surface area contributed by atoms with E-state index in [0.29, 0.717) is 0 Å².